The summed E-state index contributed by atoms with van der Waals surface area (Å²) in [6.07, 6.45) is 22.6. The molecule has 1 heterocycles. The first-order valence-electron chi connectivity index (χ1n) is 20.6. The van der Waals surface area contributed by atoms with Crippen molar-refractivity contribution in [3.8, 4) is 0 Å². The van der Waals surface area contributed by atoms with E-state index in [1.807, 2.05) is 6.08 Å². The molecule has 0 spiro atoms. The maximum atomic E-state index is 12.9. The number of nitrogens with one attached hydrogen (secondary N) is 1. The third kappa shape index (κ3) is 24.3. The maximum Gasteiger partial charge on any atom is 0.397 e. The lowest BCUT2D eigenvalue weighted by atomic mass is 9.99. The van der Waals surface area contributed by atoms with Gasteiger partial charge in [0.1, 0.15) is 24.4 Å². The van der Waals surface area contributed by atoms with E-state index in [1.165, 1.54) is 109 Å². The Hall–Kier alpha value is -1.16. The van der Waals surface area contributed by atoms with Gasteiger partial charge in [-0.25, -0.2) is 4.18 Å². The molecule has 52 heavy (non-hydrogen) atoms. The molecule has 0 aliphatic carbocycles. The Bertz CT molecular complexity index is 999. The topological polar surface area (TPSA) is 192 Å². The number of rotatable bonds is 34. The van der Waals surface area contributed by atoms with Crippen LogP contribution in [0.1, 0.15) is 174 Å². The summed E-state index contributed by atoms with van der Waals surface area (Å²) >= 11 is 0. The van der Waals surface area contributed by atoms with Crippen LogP contribution in [0, 0.1) is 0 Å². The van der Waals surface area contributed by atoms with E-state index in [2.05, 4.69) is 23.3 Å². The summed E-state index contributed by atoms with van der Waals surface area (Å²) < 4.78 is 47.4. The summed E-state index contributed by atoms with van der Waals surface area (Å²) in [6.45, 7) is 3.35. The average molecular weight is 766 g/mol. The predicted octanol–water partition coefficient (Wildman–Crippen LogP) is 6.82. The van der Waals surface area contributed by atoms with Crippen molar-refractivity contribution in [1.82, 2.24) is 5.32 Å². The number of amides is 1. The van der Waals surface area contributed by atoms with Crippen LogP contribution in [0.5, 0.6) is 0 Å². The second kappa shape index (κ2) is 31.1. The summed E-state index contributed by atoms with van der Waals surface area (Å²) in [6, 6.07) is -0.935. The fourth-order valence-electron chi connectivity index (χ4n) is 6.57. The van der Waals surface area contributed by atoms with E-state index in [0.717, 1.165) is 38.5 Å². The SMILES string of the molecule is CCCCCCCCCCC/C=C/C(O)C(COC1OC(CO)C(O)C(OS(=O)(=O)O)C1O)NC(=O)CCCCCCCCCCCCCCCC. The van der Waals surface area contributed by atoms with Gasteiger partial charge in [-0.05, 0) is 19.3 Å². The highest BCUT2D eigenvalue weighted by Crippen LogP contribution is 2.26. The number of hydrogen-bond acceptors (Lipinski definition) is 10. The normalized spacial score (nSPS) is 22.2. The Morgan fingerprint density at radius 2 is 1.21 bits per heavy atom. The van der Waals surface area contributed by atoms with E-state index >= 15 is 0 Å². The zero-order valence-electron chi connectivity index (χ0n) is 32.4. The van der Waals surface area contributed by atoms with Crippen LogP contribution in [0.2, 0.25) is 0 Å². The molecule has 7 unspecified atom stereocenters. The molecule has 1 rings (SSSR count). The van der Waals surface area contributed by atoms with Gasteiger partial charge in [-0.15, -0.1) is 0 Å². The minimum Gasteiger partial charge on any atom is -0.394 e. The van der Waals surface area contributed by atoms with Crippen molar-refractivity contribution < 1.29 is 51.8 Å². The molecule has 0 radical (unpaired) electrons. The molecule has 1 amide bonds. The number of hydrogen-bond donors (Lipinski definition) is 6. The lowest BCUT2D eigenvalue weighted by molar-refractivity contribution is -0.298. The van der Waals surface area contributed by atoms with Gasteiger partial charge in [0.2, 0.25) is 5.91 Å². The van der Waals surface area contributed by atoms with Gasteiger partial charge in [-0.2, -0.15) is 8.42 Å². The lowest BCUT2D eigenvalue weighted by Gasteiger charge is -2.41. The smallest absolute Gasteiger partial charge is 0.394 e. The minimum atomic E-state index is -5.08. The van der Waals surface area contributed by atoms with Crippen molar-refractivity contribution in [2.45, 2.75) is 217 Å². The van der Waals surface area contributed by atoms with Crippen LogP contribution in [0.3, 0.4) is 0 Å². The van der Waals surface area contributed by atoms with Crippen LogP contribution in [0.4, 0.5) is 0 Å². The van der Waals surface area contributed by atoms with Gasteiger partial charge in [0.15, 0.2) is 6.29 Å². The third-order valence-corrected chi connectivity index (χ3v) is 10.3. The van der Waals surface area contributed by atoms with Crippen LogP contribution in [-0.4, -0.2) is 95.4 Å². The molecule has 1 aliphatic heterocycles. The monoisotopic (exact) mass is 766 g/mol. The van der Waals surface area contributed by atoms with Crippen LogP contribution in [-0.2, 0) is 28.9 Å². The number of aliphatic hydroxyl groups is 4. The maximum absolute atomic E-state index is 12.9. The highest BCUT2D eigenvalue weighted by atomic mass is 32.3. The molecular weight excluding hydrogens is 690 g/mol. The van der Waals surface area contributed by atoms with Crippen LogP contribution in [0.25, 0.3) is 0 Å². The molecule has 0 aromatic rings. The molecule has 0 saturated carbocycles. The molecular formula is C39H75NO11S. The third-order valence-electron chi connectivity index (χ3n) is 9.82. The second-order valence-electron chi connectivity index (χ2n) is 14.6. The summed E-state index contributed by atoms with van der Waals surface area (Å²) in [5.74, 6) is -0.264. The quantitative estimate of drug-likeness (QED) is 0.0229. The zero-order valence-corrected chi connectivity index (χ0v) is 33.2. The number of carbonyl (C=O) groups excluding carboxylic acids is 1. The lowest BCUT2D eigenvalue weighted by Crippen LogP contribution is -2.61. The van der Waals surface area contributed by atoms with Crippen LogP contribution < -0.4 is 5.32 Å². The largest absolute Gasteiger partial charge is 0.397 e. The van der Waals surface area contributed by atoms with E-state index in [0.29, 0.717) is 6.42 Å². The molecule has 0 aromatic carbocycles. The minimum absolute atomic E-state index is 0.264. The van der Waals surface area contributed by atoms with Crippen molar-refractivity contribution in [3.05, 3.63) is 12.2 Å². The highest BCUT2D eigenvalue weighted by Gasteiger charge is 2.48. The molecule has 1 fully saturated rings. The Morgan fingerprint density at radius 3 is 1.67 bits per heavy atom. The van der Waals surface area contributed by atoms with Crippen molar-refractivity contribution in [2.75, 3.05) is 13.2 Å². The van der Waals surface area contributed by atoms with Gasteiger partial charge in [0.05, 0.1) is 25.4 Å². The second-order valence-corrected chi connectivity index (χ2v) is 15.6. The first-order valence-corrected chi connectivity index (χ1v) is 21.9. The molecule has 1 saturated heterocycles. The first kappa shape index (κ1) is 48.9. The van der Waals surface area contributed by atoms with E-state index in [9.17, 15) is 33.6 Å². The highest BCUT2D eigenvalue weighted by molar-refractivity contribution is 7.80. The first-order chi connectivity index (χ1) is 25.0. The predicted molar refractivity (Wildman–Crippen MR) is 204 cm³/mol. The Balaban J connectivity index is 2.59. The summed E-state index contributed by atoms with van der Waals surface area (Å²) in [5, 5.41) is 44.5. The zero-order chi connectivity index (χ0) is 38.5. The van der Waals surface area contributed by atoms with Crippen molar-refractivity contribution in [2.24, 2.45) is 0 Å². The average Bonchev–Trinajstić information content (AvgIpc) is 3.11. The Kier molecular flexibility index (Phi) is 29.2. The van der Waals surface area contributed by atoms with Gasteiger partial charge < -0.3 is 35.2 Å². The Morgan fingerprint density at radius 1 is 0.750 bits per heavy atom. The van der Waals surface area contributed by atoms with Crippen LogP contribution >= 0.6 is 0 Å². The summed E-state index contributed by atoms with van der Waals surface area (Å²) in [5.41, 5.74) is 0. The molecule has 0 aromatic heterocycles. The fourth-order valence-corrected chi connectivity index (χ4v) is 7.08. The Labute approximate surface area is 315 Å². The molecule has 1 aliphatic rings. The number of allylic oxidation sites excluding steroid dienone is 1. The molecule has 6 N–H and O–H groups in total. The van der Waals surface area contributed by atoms with Gasteiger partial charge in [-0.1, -0.05) is 161 Å². The number of carbonyl (C=O) groups is 1. The summed E-state index contributed by atoms with van der Waals surface area (Å²) in [4.78, 5) is 12.9. The van der Waals surface area contributed by atoms with Crippen LogP contribution in [0.15, 0.2) is 12.2 Å². The van der Waals surface area contributed by atoms with Crippen molar-refractivity contribution in [3.63, 3.8) is 0 Å². The number of unbranched alkanes of at least 4 members (excludes halogenated alkanes) is 22. The molecule has 308 valence electrons. The summed E-state index contributed by atoms with van der Waals surface area (Å²) in [7, 11) is -5.08. The van der Waals surface area contributed by atoms with E-state index in [4.69, 9.17) is 14.0 Å². The van der Waals surface area contributed by atoms with E-state index in [-0.39, 0.29) is 18.9 Å². The standard InChI is InChI=1S/C39H75NO11S/c1-3-5-7-9-11-13-15-16-17-19-21-23-25-27-29-35(43)40-32(33(42)28-26-24-22-20-18-14-12-10-8-6-4-2)31-49-39-37(45)38(51-52(46,47)48)36(44)34(30-41)50-39/h26,28,32-34,36-39,41-42,44-45H,3-25,27,29-31H2,1-2H3,(H,40,43)(H,46,47,48)/b28-26+. The van der Waals surface area contributed by atoms with Gasteiger partial charge in [-0.3, -0.25) is 9.35 Å². The molecule has 0 bridgehead atoms. The van der Waals surface area contributed by atoms with Crippen molar-refractivity contribution >= 4 is 16.3 Å². The van der Waals surface area contributed by atoms with Gasteiger partial charge in [0.25, 0.3) is 0 Å². The molecule has 12 nitrogen and oxygen atoms in total. The van der Waals surface area contributed by atoms with Crippen molar-refractivity contribution in [1.29, 1.82) is 0 Å². The van der Waals surface area contributed by atoms with E-state index < -0.39 is 59.9 Å². The van der Waals surface area contributed by atoms with Gasteiger partial charge in [0, 0.05) is 6.42 Å². The molecule has 13 heteroatoms. The van der Waals surface area contributed by atoms with E-state index in [1.54, 1.807) is 6.08 Å². The number of ether oxygens (including phenoxy) is 2. The number of aliphatic hydroxyl groups excluding tert-OH is 4. The molecule has 7 atom stereocenters. The fraction of sp³-hybridized carbons (Fsp3) is 0.923. The van der Waals surface area contributed by atoms with Gasteiger partial charge >= 0.3 is 10.4 Å².